The van der Waals surface area contributed by atoms with Crippen LogP contribution in [0.2, 0.25) is 0 Å². The van der Waals surface area contributed by atoms with Gasteiger partial charge in [-0.05, 0) is 45.4 Å². The second-order valence-electron chi connectivity index (χ2n) is 5.39. The van der Waals surface area contributed by atoms with E-state index in [0.717, 1.165) is 38.1 Å². The highest BCUT2D eigenvalue weighted by atomic mass is 16.3. The molecule has 1 rings (SSSR count). The van der Waals surface area contributed by atoms with Gasteiger partial charge in [-0.25, -0.2) is 4.79 Å². The Hall–Kier alpha value is -0.770. The van der Waals surface area contributed by atoms with E-state index < -0.39 is 0 Å². The Balaban J connectivity index is 2.36. The number of nitrogens with one attached hydrogen (secondary N) is 1. The SMILES string of the molecule is CC1CCN(C(=O)NC(C)CCCO)C(C)C1. The zero-order chi connectivity index (χ0) is 12.8. The van der Waals surface area contributed by atoms with Gasteiger partial charge in [-0.1, -0.05) is 6.92 Å². The van der Waals surface area contributed by atoms with Gasteiger partial charge in [0, 0.05) is 25.2 Å². The van der Waals surface area contributed by atoms with Crippen molar-refractivity contribution in [1.82, 2.24) is 10.2 Å². The predicted octanol–water partition coefficient (Wildman–Crippen LogP) is 1.98. The van der Waals surface area contributed by atoms with Crippen molar-refractivity contribution >= 4 is 6.03 Å². The summed E-state index contributed by atoms with van der Waals surface area (Å²) in [5, 5.41) is 11.8. The van der Waals surface area contributed by atoms with E-state index in [1.165, 1.54) is 0 Å². The molecule has 0 aromatic heterocycles. The molecule has 0 aromatic carbocycles. The van der Waals surface area contributed by atoms with Crippen LogP contribution in [0.1, 0.15) is 46.5 Å². The van der Waals surface area contributed by atoms with E-state index in [-0.39, 0.29) is 18.7 Å². The molecule has 0 bridgehead atoms. The minimum atomic E-state index is 0.0508. The Bertz CT molecular complexity index is 246. The van der Waals surface area contributed by atoms with Crippen LogP contribution >= 0.6 is 0 Å². The van der Waals surface area contributed by atoms with Crippen LogP contribution in [0.25, 0.3) is 0 Å². The summed E-state index contributed by atoms with van der Waals surface area (Å²) in [6.07, 6.45) is 3.77. The summed E-state index contributed by atoms with van der Waals surface area (Å²) in [6, 6.07) is 0.528. The van der Waals surface area contributed by atoms with Gasteiger partial charge in [0.25, 0.3) is 0 Å². The fourth-order valence-corrected chi connectivity index (χ4v) is 2.47. The third-order valence-electron chi connectivity index (χ3n) is 3.56. The molecule has 17 heavy (non-hydrogen) atoms. The molecular formula is C13H26N2O2. The third-order valence-corrected chi connectivity index (χ3v) is 3.56. The maximum Gasteiger partial charge on any atom is 0.317 e. The summed E-state index contributed by atoms with van der Waals surface area (Å²) < 4.78 is 0. The smallest absolute Gasteiger partial charge is 0.317 e. The number of rotatable bonds is 4. The highest BCUT2D eigenvalue weighted by Gasteiger charge is 2.27. The van der Waals surface area contributed by atoms with Crippen molar-refractivity contribution in [1.29, 1.82) is 0 Å². The monoisotopic (exact) mass is 242 g/mol. The molecule has 0 radical (unpaired) electrons. The third kappa shape index (κ3) is 4.54. The zero-order valence-corrected chi connectivity index (χ0v) is 11.3. The van der Waals surface area contributed by atoms with Gasteiger partial charge in [0.05, 0.1) is 0 Å². The number of hydrogen-bond donors (Lipinski definition) is 2. The number of carbonyl (C=O) groups is 1. The number of urea groups is 1. The summed E-state index contributed by atoms with van der Waals surface area (Å²) in [6.45, 7) is 7.41. The lowest BCUT2D eigenvalue weighted by molar-refractivity contribution is 0.136. The van der Waals surface area contributed by atoms with Crippen LogP contribution in [0, 0.1) is 5.92 Å². The Morgan fingerprint density at radius 2 is 2.24 bits per heavy atom. The topological polar surface area (TPSA) is 52.6 Å². The summed E-state index contributed by atoms with van der Waals surface area (Å²) in [5.74, 6) is 0.723. The van der Waals surface area contributed by atoms with Crippen LogP contribution in [0.3, 0.4) is 0 Å². The van der Waals surface area contributed by atoms with Crippen molar-refractivity contribution in [3.8, 4) is 0 Å². The van der Waals surface area contributed by atoms with Crippen LogP contribution in [-0.2, 0) is 0 Å². The van der Waals surface area contributed by atoms with E-state index >= 15 is 0 Å². The van der Waals surface area contributed by atoms with Crippen molar-refractivity contribution in [2.75, 3.05) is 13.2 Å². The van der Waals surface area contributed by atoms with Gasteiger partial charge in [0.1, 0.15) is 0 Å². The van der Waals surface area contributed by atoms with E-state index in [9.17, 15) is 4.79 Å². The zero-order valence-electron chi connectivity index (χ0n) is 11.3. The summed E-state index contributed by atoms with van der Waals surface area (Å²) in [7, 11) is 0. The van der Waals surface area contributed by atoms with Crippen LogP contribution in [0.4, 0.5) is 4.79 Å². The maximum absolute atomic E-state index is 12.0. The fourth-order valence-electron chi connectivity index (χ4n) is 2.47. The van der Waals surface area contributed by atoms with E-state index in [0.29, 0.717) is 6.04 Å². The molecule has 1 aliphatic rings. The molecule has 2 amide bonds. The lowest BCUT2D eigenvalue weighted by atomic mass is 9.94. The van der Waals surface area contributed by atoms with Crippen LogP contribution in [0.5, 0.6) is 0 Å². The number of carbonyl (C=O) groups excluding carboxylic acids is 1. The number of amides is 2. The lowest BCUT2D eigenvalue weighted by Gasteiger charge is -2.37. The standard InChI is InChI=1S/C13H26N2O2/c1-10-6-7-15(12(3)9-10)13(17)14-11(2)5-4-8-16/h10-12,16H,4-9H2,1-3H3,(H,14,17). The Morgan fingerprint density at radius 1 is 1.53 bits per heavy atom. The van der Waals surface area contributed by atoms with E-state index in [4.69, 9.17) is 5.11 Å². The van der Waals surface area contributed by atoms with Crippen molar-refractivity contribution in [2.24, 2.45) is 5.92 Å². The quantitative estimate of drug-likeness (QED) is 0.792. The molecule has 2 N–H and O–H groups in total. The second kappa shape index (κ2) is 6.84. The minimum Gasteiger partial charge on any atom is -0.396 e. The number of aliphatic hydroxyl groups excluding tert-OH is 1. The Morgan fingerprint density at radius 3 is 2.82 bits per heavy atom. The van der Waals surface area contributed by atoms with Gasteiger partial charge in [-0.15, -0.1) is 0 Å². The number of piperidine rings is 1. The molecule has 0 saturated carbocycles. The number of aliphatic hydroxyl groups is 1. The van der Waals surface area contributed by atoms with Gasteiger partial charge in [-0.2, -0.15) is 0 Å². The molecule has 4 nitrogen and oxygen atoms in total. The van der Waals surface area contributed by atoms with Crippen LogP contribution in [-0.4, -0.2) is 41.3 Å². The first-order valence-electron chi connectivity index (χ1n) is 6.72. The fraction of sp³-hybridized carbons (Fsp3) is 0.923. The normalized spacial score (nSPS) is 26.7. The van der Waals surface area contributed by atoms with E-state index in [2.05, 4.69) is 19.2 Å². The van der Waals surface area contributed by atoms with Crippen molar-refractivity contribution in [3.05, 3.63) is 0 Å². The van der Waals surface area contributed by atoms with Crippen molar-refractivity contribution in [3.63, 3.8) is 0 Å². The molecule has 3 unspecified atom stereocenters. The van der Waals surface area contributed by atoms with Crippen LogP contribution < -0.4 is 5.32 Å². The Kier molecular flexibility index (Phi) is 5.75. The first-order valence-corrected chi connectivity index (χ1v) is 6.72. The molecule has 100 valence electrons. The van der Waals surface area contributed by atoms with Gasteiger partial charge in [-0.3, -0.25) is 0 Å². The second-order valence-corrected chi connectivity index (χ2v) is 5.39. The summed E-state index contributed by atoms with van der Waals surface area (Å²) in [5.41, 5.74) is 0. The molecule has 1 saturated heterocycles. The van der Waals surface area contributed by atoms with Crippen LogP contribution in [0.15, 0.2) is 0 Å². The molecule has 1 heterocycles. The first-order chi connectivity index (χ1) is 8.04. The molecule has 1 aliphatic heterocycles. The summed E-state index contributed by atoms with van der Waals surface area (Å²) >= 11 is 0. The highest BCUT2D eigenvalue weighted by Crippen LogP contribution is 2.22. The molecule has 3 atom stereocenters. The molecule has 0 aliphatic carbocycles. The highest BCUT2D eigenvalue weighted by molar-refractivity contribution is 5.74. The largest absolute Gasteiger partial charge is 0.396 e. The maximum atomic E-state index is 12.0. The Labute approximate surface area is 104 Å². The summed E-state index contributed by atoms with van der Waals surface area (Å²) in [4.78, 5) is 14.0. The minimum absolute atomic E-state index is 0.0508. The van der Waals surface area contributed by atoms with E-state index in [1.54, 1.807) is 0 Å². The number of nitrogens with zero attached hydrogens (tertiary/aromatic N) is 1. The molecular weight excluding hydrogens is 216 g/mol. The lowest BCUT2D eigenvalue weighted by Crippen LogP contribution is -2.50. The number of likely N-dealkylation sites (tertiary alicyclic amines) is 1. The average molecular weight is 242 g/mol. The van der Waals surface area contributed by atoms with Gasteiger partial charge in [0.15, 0.2) is 0 Å². The van der Waals surface area contributed by atoms with E-state index in [1.807, 2.05) is 11.8 Å². The average Bonchev–Trinajstić information content (AvgIpc) is 2.26. The van der Waals surface area contributed by atoms with Crippen molar-refractivity contribution < 1.29 is 9.90 Å². The molecule has 1 fully saturated rings. The molecule has 0 spiro atoms. The van der Waals surface area contributed by atoms with Crippen molar-refractivity contribution in [2.45, 2.75) is 58.5 Å². The van der Waals surface area contributed by atoms with Gasteiger partial charge < -0.3 is 15.3 Å². The first kappa shape index (κ1) is 14.3. The predicted molar refractivity (Wildman–Crippen MR) is 68.9 cm³/mol. The molecule has 0 aromatic rings. The van der Waals surface area contributed by atoms with Gasteiger partial charge in [0.2, 0.25) is 0 Å². The van der Waals surface area contributed by atoms with Gasteiger partial charge >= 0.3 is 6.03 Å². The molecule has 4 heteroatoms. The number of hydrogen-bond acceptors (Lipinski definition) is 2.